The number of halogens is 1. The third kappa shape index (κ3) is 5.07. The van der Waals surface area contributed by atoms with E-state index in [1.54, 1.807) is 0 Å². The predicted octanol–water partition coefficient (Wildman–Crippen LogP) is 3.54. The van der Waals surface area contributed by atoms with Gasteiger partial charge in [-0.15, -0.1) is 0 Å². The quantitative estimate of drug-likeness (QED) is 0.577. The highest BCUT2D eigenvalue weighted by atomic mass is 35.5. The van der Waals surface area contributed by atoms with E-state index < -0.39 is 0 Å². The van der Waals surface area contributed by atoms with Crippen molar-refractivity contribution >= 4 is 11.6 Å². The van der Waals surface area contributed by atoms with Gasteiger partial charge in [-0.05, 0) is 30.4 Å². The fourth-order valence-electron chi connectivity index (χ4n) is 2.24. The summed E-state index contributed by atoms with van der Waals surface area (Å²) in [6.45, 7) is 4.50. The molecule has 0 saturated heterocycles. The number of nitrogens with two attached hydrogens (primary N) is 1. The Hall–Kier alpha value is -0.570. The number of nitrogens with one attached hydrogen (secondary N) is 1. The first-order chi connectivity index (χ1) is 8.17. The van der Waals surface area contributed by atoms with Gasteiger partial charge in [0.05, 0.1) is 0 Å². The standard InChI is InChI=1S/C14H23ClN2/c1-3-6-11(2)9-13(17-16)10-12-7-4-5-8-14(12)15/h4-5,7-8,11,13,17H,3,6,9-10,16H2,1-2H3. The van der Waals surface area contributed by atoms with Crippen molar-refractivity contribution in [3.05, 3.63) is 34.9 Å². The van der Waals surface area contributed by atoms with Crippen LogP contribution in [0, 0.1) is 5.92 Å². The number of hydrogen-bond donors (Lipinski definition) is 2. The Morgan fingerprint density at radius 3 is 2.65 bits per heavy atom. The molecule has 0 fully saturated rings. The van der Waals surface area contributed by atoms with Gasteiger partial charge in [-0.25, -0.2) is 0 Å². The molecule has 0 spiro atoms. The molecule has 2 unspecified atom stereocenters. The van der Waals surface area contributed by atoms with Gasteiger partial charge in [-0.1, -0.05) is 56.5 Å². The van der Waals surface area contributed by atoms with Crippen molar-refractivity contribution in [1.82, 2.24) is 5.43 Å². The molecule has 2 nitrogen and oxygen atoms in total. The summed E-state index contributed by atoms with van der Waals surface area (Å²) in [4.78, 5) is 0. The molecule has 1 rings (SSSR count). The summed E-state index contributed by atoms with van der Waals surface area (Å²) >= 11 is 6.15. The van der Waals surface area contributed by atoms with Gasteiger partial charge in [-0.3, -0.25) is 11.3 Å². The molecular weight excluding hydrogens is 232 g/mol. The minimum Gasteiger partial charge on any atom is -0.271 e. The molecule has 96 valence electrons. The average molecular weight is 255 g/mol. The molecule has 1 aromatic rings. The largest absolute Gasteiger partial charge is 0.271 e. The van der Waals surface area contributed by atoms with Crippen molar-refractivity contribution in [2.24, 2.45) is 11.8 Å². The van der Waals surface area contributed by atoms with Gasteiger partial charge in [0.25, 0.3) is 0 Å². The number of hydrazine groups is 1. The van der Waals surface area contributed by atoms with E-state index in [1.807, 2.05) is 18.2 Å². The van der Waals surface area contributed by atoms with E-state index in [4.69, 9.17) is 17.4 Å². The second kappa shape index (κ2) is 7.70. The molecule has 0 radical (unpaired) electrons. The summed E-state index contributed by atoms with van der Waals surface area (Å²) in [5.74, 6) is 6.32. The van der Waals surface area contributed by atoms with Crippen LogP contribution in [0.2, 0.25) is 5.02 Å². The SMILES string of the molecule is CCCC(C)CC(Cc1ccccc1Cl)NN. The molecule has 0 aliphatic carbocycles. The average Bonchev–Trinajstić information content (AvgIpc) is 2.31. The van der Waals surface area contributed by atoms with Gasteiger partial charge in [-0.2, -0.15) is 0 Å². The van der Waals surface area contributed by atoms with Crippen LogP contribution in [0.1, 0.15) is 38.7 Å². The second-order valence-electron chi connectivity index (χ2n) is 4.79. The third-order valence-electron chi connectivity index (χ3n) is 3.13. The summed E-state index contributed by atoms with van der Waals surface area (Å²) < 4.78 is 0. The van der Waals surface area contributed by atoms with E-state index in [0.29, 0.717) is 12.0 Å². The molecule has 0 saturated carbocycles. The molecule has 3 heteroatoms. The highest BCUT2D eigenvalue weighted by Gasteiger charge is 2.13. The summed E-state index contributed by atoms with van der Waals surface area (Å²) in [5.41, 5.74) is 4.08. The monoisotopic (exact) mass is 254 g/mol. The van der Waals surface area contributed by atoms with E-state index in [9.17, 15) is 0 Å². The van der Waals surface area contributed by atoms with E-state index in [0.717, 1.165) is 17.9 Å². The molecule has 0 aliphatic rings. The first-order valence-electron chi connectivity index (χ1n) is 6.36. The lowest BCUT2D eigenvalue weighted by Gasteiger charge is -2.20. The van der Waals surface area contributed by atoms with E-state index in [-0.39, 0.29) is 0 Å². The lowest BCUT2D eigenvalue weighted by atomic mass is 9.94. The molecule has 3 N–H and O–H groups in total. The van der Waals surface area contributed by atoms with Crippen LogP contribution in [0.15, 0.2) is 24.3 Å². The molecule has 17 heavy (non-hydrogen) atoms. The third-order valence-corrected chi connectivity index (χ3v) is 3.50. The molecule has 0 bridgehead atoms. The van der Waals surface area contributed by atoms with Crippen LogP contribution in [-0.4, -0.2) is 6.04 Å². The Bertz CT molecular complexity index is 328. The van der Waals surface area contributed by atoms with Crippen LogP contribution in [0.5, 0.6) is 0 Å². The molecule has 0 aromatic heterocycles. The molecule has 0 aliphatic heterocycles. The predicted molar refractivity (Wildman–Crippen MR) is 75.0 cm³/mol. The highest BCUT2D eigenvalue weighted by Crippen LogP contribution is 2.20. The van der Waals surface area contributed by atoms with Crippen LogP contribution in [0.25, 0.3) is 0 Å². The zero-order valence-electron chi connectivity index (χ0n) is 10.7. The minimum atomic E-state index is 0.302. The zero-order chi connectivity index (χ0) is 12.7. The highest BCUT2D eigenvalue weighted by molar-refractivity contribution is 6.31. The number of rotatable bonds is 7. The van der Waals surface area contributed by atoms with Crippen LogP contribution >= 0.6 is 11.6 Å². The van der Waals surface area contributed by atoms with Crippen molar-refractivity contribution in [2.75, 3.05) is 0 Å². The summed E-state index contributed by atoms with van der Waals surface area (Å²) in [6.07, 6.45) is 4.46. The van der Waals surface area contributed by atoms with Crippen molar-refractivity contribution in [3.8, 4) is 0 Å². The maximum absolute atomic E-state index is 6.15. The summed E-state index contributed by atoms with van der Waals surface area (Å²) in [5, 5.41) is 0.830. The topological polar surface area (TPSA) is 38.0 Å². The Morgan fingerprint density at radius 2 is 2.06 bits per heavy atom. The summed E-state index contributed by atoms with van der Waals surface area (Å²) in [6, 6.07) is 8.27. The van der Waals surface area contributed by atoms with Crippen molar-refractivity contribution < 1.29 is 0 Å². The van der Waals surface area contributed by atoms with E-state index in [1.165, 1.54) is 18.4 Å². The van der Waals surface area contributed by atoms with E-state index in [2.05, 4.69) is 25.3 Å². The minimum absolute atomic E-state index is 0.302. The molecule has 1 aromatic carbocycles. The number of hydrogen-bond acceptors (Lipinski definition) is 2. The lowest BCUT2D eigenvalue weighted by Crippen LogP contribution is -2.38. The van der Waals surface area contributed by atoms with E-state index >= 15 is 0 Å². The van der Waals surface area contributed by atoms with Gasteiger partial charge in [0.15, 0.2) is 0 Å². The van der Waals surface area contributed by atoms with Gasteiger partial charge in [0.2, 0.25) is 0 Å². The van der Waals surface area contributed by atoms with Crippen molar-refractivity contribution in [3.63, 3.8) is 0 Å². The zero-order valence-corrected chi connectivity index (χ0v) is 11.5. The molecular formula is C14H23ClN2. The van der Waals surface area contributed by atoms with Gasteiger partial charge < -0.3 is 0 Å². The Balaban J connectivity index is 2.55. The van der Waals surface area contributed by atoms with Gasteiger partial charge >= 0.3 is 0 Å². The first-order valence-corrected chi connectivity index (χ1v) is 6.74. The van der Waals surface area contributed by atoms with Crippen LogP contribution in [0.3, 0.4) is 0 Å². The Kier molecular flexibility index (Phi) is 6.56. The second-order valence-corrected chi connectivity index (χ2v) is 5.20. The fourth-order valence-corrected chi connectivity index (χ4v) is 2.45. The maximum atomic E-state index is 6.15. The molecule has 0 amide bonds. The number of benzene rings is 1. The van der Waals surface area contributed by atoms with Crippen molar-refractivity contribution in [1.29, 1.82) is 0 Å². The Morgan fingerprint density at radius 1 is 1.35 bits per heavy atom. The maximum Gasteiger partial charge on any atom is 0.0438 e. The normalized spacial score (nSPS) is 14.6. The first kappa shape index (κ1) is 14.5. The smallest absolute Gasteiger partial charge is 0.0438 e. The van der Waals surface area contributed by atoms with Crippen LogP contribution in [-0.2, 0) is 6.42 Å². The van der Waals surface area contributed by atoms with Crippen LogP contribution in [0.4, 0.5) is 0 Å². The van der Waals surface area contributed by atoms with Crippen LogP contribution < -0.4 is 11.3 Å². The van der Waals surface area contributed by atoms with Crippen molar-refractivity contribution in [2.45, 2.75) is 45.6 Å². The Labute approximate surface area is 110 Å². The fraction of sp³-hybridized carbons (Fsp3) is 0.571. The molecule has 0 heterocycles. The molecule has 2 atom stereocenters. The summed E-state index contributed by atoms with van der Waals surface area (Å²) in [7, 11) is 0. The lowest BCUT2D eigenvalue weighted by molar-refractivity contribution is 0.385. The van der Waals surface area contributed by atoms with Gasteiger partial charge in [0, 0.05) is 11.1 Å². The van der Waals surface area contributed by atoms with Gasteiger partial charge in [0.1, 0.15) is 0 Å².